The van der Waals surface area contributed by atoms with Crippen LogP contribution in [-0.4, -0.2) is 35.9 Å². The summed E-state index contributed by atoms with van der Waals surface area (Å²) in [5, 5.41) is 0. The van der Waals surface area contributed by atoms with Gasteiger partial charge < -0.3 is 14.2 Å². The van der Waals surface area contributed by atoms with Gasteiger partial charge in [0.25, 0.3) is 0 Å². The zero-order valence-corrected chi connectivity index (χ0v) is 10.4. The molecule has 0 N–H and O–H groups in total. The number of hydrogen-bond acceptors (Lipinski definition) is 5. The van der Waals surface area contributed by atoms with E-state index in [1.807, 2.05) is 6.92 Å². The van der Waals surface area contributed by atoms with Crippen LogP contribution in [0.25, 0.3) is 0 Å². The van der Waals surface area contributed by atoms with Gasteiger partial charge in [0.15, 0.2) is 17.7 Å². The Morgan fingerprint density at radius 2 is 2.06 bits per heavy atom. The highest BCUT2D eigenvalue weighted by Crippen LogP contribution is 2.37. The fourth-order valence-electron chi connectivity index (χ4n) is 2.22. The summed E-state index contributed by atoms with van der Waals surface area (Å²) in [6.45, 7) is 6.63. The summed E-state index contributed by atoms with van der Waals surface area (Å²) in [5.41, 5.74) is 0.800. The summed E-state index contributed by atoms with van der Waals surface area (Å²) in [6, 6.07) is 0. The van der Waals surface area contributed by atoms with Gasteiger partial charge in [-0.05, 0) is 32.4 Å². The van der Waals surface area contributed by atoms with Crippen molar-refractivity contribution >= 4 is 11.8 Å². The van der Waals surface area contributed by atoms with Gasteiger partial charge >= 0.3 is 5.97 Å². The summed E-state index contributed by atoms with van der Waals surface area (Å²) in [6.07, 6.45) is -0.319. The lowest BCUT2D eigenvalue weighted by Crippen LogP contribution is -2.46. The minimum absolute atomic E-state index is 0.250. The lowest BCUT2D eigenvalue weighted by atomic mass is 9.91. The van der Waals surface area contributed by atoms with Gasteiger partial charge in [-0.3, -0.25) is 9.59 Å². The van der Waals surface area contributed by atoms with Gasteiger partial charge in [0.05, 0.1) is 0 Å². The second kappa shape index (κ2) is 3.92. The van der Waals surface area contributed by atoms with Gasteiger partial charge in [0.2, 0.25) is 0 Å². The Balaban J connectivity index is 2.29. The van der Waals surface area contributed by atoms with E-state index in [4.69, 9.17) is 14.2 Å². The van der Waals surface area contributed by atoms with Crippen LogP contribution in [-0.2, 0) is 23.8 Å². The van der Waals surface area contributed by atoms with E-state index in [1.165, 1.54) is 13.0 Å². The maximum atomic E-state index is 11.8. The summed E-state index contributed by atoms with van der Waals surface area (Å²) < 4.78 is 16.4. The lowest BCUT2D eigenvalue weighted by molar-refractivity contribution is -0.172. The molecule has 1 aliphatic heterocycles. The van der Waals surface area contributed by atoms with Crippen LogP contribution in [0.2, 0.25) is 0 Å². The largest absolute Gasteiger partial charge is 0.451 e. The Morgan fingerprint density at radius 1 is 1.41 bits per heavy atom. The van der Waals surface area contributed by atoms with Crippen molar-refractivity contribution < 1.29 is 23.8 Å². The molecule has 17 heavy (non-hydrogen) atoms. The van der Waals surface area contributed by atoms with Crippen molar-refractivity contribution in [2.75, 3.05) is 0 Å². The first kappa shape index (κ1) is 12.3. The van der Waals surface area contributed by atoms with Crippen LogP contribution in [0, 0.1) is 0 Å². The third-order valence-electron chi connectivity index (χ3n) is 2.82. The molecular weight excluding hydrogens is 224 g/mol. The molecule has 94 valence electrons. The zero-order valence-electron chi connectivity index (χ0n) is 10.4. The second-order valence-corrected chi connectivity index (χ2v) is 4.84. The van der Waals surface area contributed by atoms with Crippen molar-refractivity contribution in [2.24, 2.45) is 0 Å². The third-order valence-corrected chi connectivity index (χ3v) is 2.82. The Kier molecular flexibility index (Phi) is 2.83. The van der Waals surface area contributed by atoms with Crippen LogP contribution < -0.4 is 0 Å². The molecule has 0 amide bonds. The molecule has 2 aliphatic rings. The number of fused-ring (bicyclic) bond motifs is 1. The molecule has 1 saturated heterocycles. The molecule has 5 nitrogen and oxygen atoms in total. The number of carbonyl (C=O) groups is 2. The van der Waals surface area contributed by atoms with Crippen LogP contribution in [0.3, 0.4) is 0 Å². The Labute approximate surface area is 99.7 Å². The maximum Gasteiger partial charge on any atom is 0.303 e. The molecule has 2 rings (SSSR count). The topological polar surface area (TPSA) is 61.8 Å². The molecule has 1 heterocycles. The van der Waals surface area contributed by atoms with Gasteiger partial charge in [-0.25, -0.2) is 0 Å². The predicted octanol–water partition coefficient (Wildman–Crippen LogP) is 0.967. The molecule has 5 heteroatoms. The van der Waals surface area contributed by atoms with Crippen LogP contribution in [0.4, 0.5) is 0 Å². The zero-order chi connectivity index (χ0) is 12.8. The van der Waals surface area contributed by atoms with E-state index in [0.717, 1.165) is 5.57 Å². The molecule has 3 atom stereocenters. The smallest absolute Gasteiger partial charge is 0.303 e. The van der Waals surface area contributed by atoms with Gasteiger partial charge in [-0.2, -0.15) is 0 Å². The molecule has 0 saturated carbocycles. The van der Waals surface area contributed by atoms with Crippen LogP contribution in [0.15, 0.2) is 11.6 Å². The monoisotopic (exact) mass is 240 g/mol. The van der Waals surface area contributed by atoms with Crippen molar-refractivity contribution in [1.82, 2.24) is 0 Å². The van der Waals surface area contributed by atoms with E-state index in [1.54, 1.807) is 13.8 Å². The van der Waals surface area contributed by atoms with E-state index in [2.05, 4.69) is 0 Å². The average molecular weight is 240 g/mol. The molecule has 0 aromatic carbocycles. The quantitative estimate of drug-likeness (QED) is 0.639. The Hall–Kier alpha value is -1.20. The molecule has 1 aliphatic carbocycles. The summed E-state index contributed by atoms with van der Waals surface area (Å²) >= 11 is 0. The average Bonchev–Trinajstić information content (AvgIpc) is 2.49. The maximum absolute atomic E-state index is 11.8. The number of ketones is 1. The molecule has 0 unspecified atom stereocenters. The molecule has 1 fully saturated rings. The van der Waals surface area contributed by atoms with Gasteiger partial charge in [0, 0.05) is 6.92 Å². The molecular formula is C12H16O5. The highest BCUT2D eigenvalue weighted by molar-refractivity contribution is 5.97. The number of esters is 1. The first-order chi connectivity index (χ1) is 7.80. The SMILES string of the molecule is CC(=O)O[C@@H]1C(=O)C=C(C)[C@H]2OC(C)(C)O[C@@H]12. The highest BCUT2D eigenvalue weighted by atomic mass is 16.8. The summed E-state index contributed by atoms with van der Waals surface area (Å²) in [5.74, 6) is -1.52. The van der Waals surface area contributed by atoms with Crippen LogP contribution >= 0.6 is 0 Å². The van der Waals surface area contributed by atoms with E-state index in [0.29, 0.717) is 0 Å². The Bertz CT molecular complexity index is 396. The summed E-state index contributed by atoms with van der Waals surface area (Å²) in [7, 11) is 0. The molecule has 0 radical (unpaired) electrons. The van der Waals surface area contributed by atoms with E-state index in [-0.39, 0.29) is 11.9 Å². The third kappa shape index (κ3) is 2.25. The Morgan fingerprint density at radius 3 is 2.65 bits per heavy atom. The molecule has 0 spiro atoms. The lowest BCUT2D eigenvalue weighted by Gasteiger charge is -2.28. The first-order valence-electron chi connectivity index (χ1n) is 5.55. The number of rotatable bonds is 1. The number of carbonyl (C=O) groups excluding carboxylic acids is 2. The molecule has 0 aromatic heterocycles. The van der Waals surface area contributed by atoms with Crippen molar-refractivity contribution in [1.29, 1.82) is 0 Å². The van der Waals surface area contributed by atoms with Crippen molar-refractivity contribution in [3.8, 4) is 0 Å². The standard InChI is InChI=1S/C12H16O5/c1-6-5-8(14)10(15-7(2)13)11-9(6)16-12(3,4)17-11/h5,9-11H,1-4H3/t9-,10-,11-/m1/s1. The number of ether oxygens (including phenoxy) is 3. The van der Waals surface area contributed by atoms with Gasteiger partial charge in [-0.15, -0.1) is 0 Å². The minimum atomic E-state index is -0.900. The number of hydrogen-bond donors (Lipinski definition) is 0. The molecule has 0 aromatic rings. The van der Waals surface area contributed by atoms with E-state index < -0.39 is 24.0 Å². The van der Waals surface area contributed by atoms with Gasteiger partial charge in [-0.1, -0.05) is 0 Å². The van der Waals surface area contributed by atoms with Crippen LogP contribution in [0.5, 0.6) is 0 Å². The van der Waals surface area contributed by atoms with E-state index >= 15 is 0 Å². The van der Waals surface area contributed by atoms with Crippen LogP contribution in [0.1, 0.15) is 27.7 Å². The fourth-order valence-corrected chi connectivity index (χ4v) is 2.22. The minimum Gasteiger partial charge on any atom is -0.451 e. The highest BCUT2D eigenvalue weighted by Gasteiger charge is 2.51. The van der Waals surface area contributed by atoms with Crippen molar-refractivity contribution in [3.05, 3.63) is 11.6 Å². The van der Waals surface area contributed by atoms with Crippen molar-refractivity contribution in [2.45, 2.75) is 51.8 Å². The normalized spacial score (nSPS) is 35.2. The van der Waals surface area contributed by atoms with Crippen molar-refractivity contribution in [3.63, 3.8) is 0 Å². The fraction of sp³-hybridized carbons (Fsp3) is 0.667. The second-order valence-electron chi connectivity index (χ2n) is 4.84. The van der Waals surface area contributed by atoms with E-state index in [9.17, 15) is 9.59 Å². The van der Waals surface area contributed by atoms with Gasteiger partial charge in [0.1, 0.15) is 12.2 Å². The first-order valence-corrected chi connectivity index (χ1v) is 5.55. The summed E-state index contributed by atoms with van der Waals surface area (Å²) in [4.78, 5) is 22.8. The molecule has 0 bridgehead atoms. The predicted molar refractivity (Wildman–Crippen MR) is 58.1 cm³/mol.